The monoisotopic (exact) mass is 391 g/mol. The van der Waals surface area contributed by atoms with Gasteiger partial charge in [-0.15, -0.1) is 0 Å². The van der Waals surface area contributed by atoms with Crippen LogP contribution in [0.25, 0.3) is 0 Å². The lowest BCUT2D eigenvalue weighted by Gasteiger charge is -2.09. The van der Waals surface area contributed by atoms with Gasteiger partial charge >= 0.3 is 0 Å². The minimum absolute atomic E-state index is 0.164. The maximum Gasteiger partial charge on any atom is 0.228 e. The molecule has 3 aromatic rings. The second kappa shape index (κ2) is 8.09. The number of carbonyl (C=O) groups is 1. The molecule has 0 spiro atoms. The van der Waals surface area contributed by atoms with Crippen molar-refractivity contribution in [3.05, 3.63) is 82.8 Å². The van der Waals surface area contributed by atoms with Crippen LogP contribution in [0.15, 0.2) is 54.7 Å². The highest BCUT2D eigenvalue weighted by Crippen LogP contribution is 2.23. The van der Waals surface area contributed by atoms with Crippen LogP contribution in [-0.2, 0) is 11.2 Å². The molecule has 1 aromatic heterocycles. The van der Waals surface area contributed by atoms with Gasteiger partial charge in [0.05, 0.1) is 24.0 Å². The molecule has 2 aromatic carbocycles. The van der Waals surface area contributed by atoms with Crippen LogP contribution >= 0.6 is 11.6 Å². The molecule has 0 saturated carbocycles. The van der Waals surface area contributed by atoms with Gasteiger partial charge in [0.25, 0.3) is 0 Å². The smallest absolute Gasteiger partial charge is 0.228 e. The number of aromatic nitrogens is 1. The first-order valence-corrected chi connectivity index (χ1v) is 8.21. The van der Waals surface area contributed by atoms with Gasteiger partial charge in [0.2, 0.25) is 5.91 Å². The van der Waals surface area contributed by atoms with Crippen molar-refractivity contribution in [3.8, 4) is 0 Å². The van der Waals surface area contributed by atoms with Crippen molar-refractivity contribution in [1.82, 2.24) is 4.98 Å². The summed E-state index contributed by atoms with van der Waals surface area (Å²) < 4.78 is 39.8. The fourth-order valence-electron chi connectivity index (χ4n) is 2.29. The predicted molar refractivity (Wildman–Crippen MR) is 97.6 cm³/mol. The van der Waals surface area contributed by atoms with E-state index in [0.717, 1.165) is 17.7 Å². The standard InChI is InChI=1S/C19H13ClF3N3O/c20-12-3-1-11(2-4-12)9-17(27)25-13-5-8-16(24-10-13)26-15-7-6-14(21)18(22)19(15)23/h1-8,10H,9H2,(H,24,26)(H,25,27). The molecule has 0 aliphatic heterocycles. The number of anilines is 3. The average molecular weight is 392 g/mol. The summed E-state index contributed by atoms with van der Waals surface area (Å²) in [5.74, 6) is -4.21. The van der Waals surface area contributed by atoms with E-state index < -0.39 is 17.5 Å². The number of carbonyl (C=O) groups excluding carboxylic acids is 1. The number of halogens is 4. The zero-order chi connectivity index (χ0) is 19.4. The molecule has 4 nitrogen and oxygen atoms in total. The Labute approximate surface area is 158 Å². The molecule has 3 rings (SSSR count). The van der Waals surface area contributed by atoms with Gasteiger partial charge in [-0.2, -0.15) is 0 Å². The highest BCUT2D eigenvalue weighted by Gasteiger charge is 2.13. The van der Waals surface area contributed by atoms with Gasteiger partial charge < -0.3 is 10.6 Å². The van der Waals surface area contributed by atoms with E-state index in [-0.39, 0.29) is 23.8 Å². The second-order valence-corrected chi connectivity index (χ2v) is 6.07. The highest BCUT2D eigenvalue weighted by molar-refractivity contribution is 6.30. The summed E-state index contributed by atoms with van der Waals surface area (Å²) in [7, 11) is 0. The minimum Gasteiger partial charge on any atom is -0.338 e. The topological polar surface area (TPSA) is 54.0 Å². The highest BCUT2D eigenvalue weighted by atomic mass is 35.5. The number of hydrogen-bond donors (Lipinski definition) is 2. The molecule has 1 heterocycles. The molecule has 0 aliphatic carbocycles. The van der Waals surface area contributed by atoms with Crippen molar-refractivity contribution < 1.29 is 18.0 Å². The summed E-state index contributed by atoms with van der Waals surface area (Å²) in [5, 5.41) is 5.81. The summed E-state index contributed by atoms with van der Waals surface area (Å²) in [4.78, 5) is 16.1. The minimum atomic E-state index is -1.56. The Bertz CT molecular complexity index is 963. The van der Waals surface area contributed by atoms with Gasteiger partial charge in [-0.1, -0.05) is 23.7 Å². The zero-order valence-corrected chi connectivity index (χ0v) is 14.5. The summed E-state index contributed by atoms with van der Waals surface area (Å²) in [6, 6.07) is 11.8. The van der Waals surface area contributed by atoms with Gasteiger partial charge in [-0.05, 0) is 42.0 Å². The van der Waals surface area contributed by atoms with Gasteiger partial charge in [-0.25, -0.2) is 18.2 Å². The van der Waals surface area contributed by atoms with Crippen molar-refractivity contribution in [1.29, 1.82) is 0 Å². The molecule has 0 saturated heterocycles. The van der Waals surface area contributed by atoms with Crippen molar-refractivity contribution in [2.75, 3.05) is 10.6 Å². The first-order chi connectivity index (χ1) is 12.9. The number of benzene rings is 2. The molecule has 138 valence electrons. The van der Waals surface area contributed by atoms with Crippen molar-refractivity contribution in [2.45, 2.75) is 6.42 Å². The first-order valence-electron chi connectivity index (χ1n) is 7.83. The molecular formula is C19H13ClF3N3O. The Hall–Kier alpha value is -3.06. The average Bonchev–Trinajstić information content (AvgIpc) is 2.65. The molecule has 27 heavy (non-hydrogen) atoms. The van der Waals surface area contributed by atoms with Crippen molar-refractivity contribution in [3.63, 3.8) is 0 Å². The lowest BCUT2D eigenvalue weighted by atomic mass is 10.1. The molecular weight excluding hydrogens is 379 g/mol. The van der Waals surface area contributed by atoms with Crippen LogP contribution in [0.2, 0.25) is 5.02 Å². The van der Waals surface area contributed by atoms with Crippen LogP contribution in [0.1, 0.15) is 5.56 Å². The van der Waals surface area contributed by atoms with Gasteiger partial charge in [0.1, 0.15) is 5.82 Å². The molecule has 1 amide bonds. The maximum atomic E-state index is 13.7. The van der Waals surface area contributed by atoms with E-state index in [2.05, 4.69) is 15.6 Å². The van der Waals surface area contributed by atoms with Crippen LogP contribution in [0, 0.1) is 17.5 Å². The second-order valence-electron chi connectivity index (χ2n) is 5.63. The van der Waals surface area contributed by atoms with E-state index in [9.17, 15) is 18.0 Å². The third kappa shape index (κ3) is 4.77. The lowest BCUT2D eigenvalue weighted by molar-refractivity contribution is -0.115. The molecule has 0 fully saturated rings. The quantitative estimate of drug-likeness (QED) is 0.596. The molecule has 0 atom stereocenters. The van der Waals surface area contributed by atoms with Crippen LogP contribution in [-0.4, -0.2) is 10.9 Å². The third-order valence-electron chi connectivity index (χ3n) is 3.62. The SMILES string of the molecule is O=C(Cc1ccc(Cl)cc1)Nc1ccc(Nc2ccc(F)c(F)c2F)nc1. The summed E-state index contributed by atoms with van der Waals surface area (Å²) in [5.41, 5.74) is 0.989. The molecule has 8 heteroatoms. The summed E-state index contributed by atoms with van der Waals surface area (Å²) in [6.45, 7) is 0. The predicted octanol–water partition coefficient (Wildman–Crippen LogP) is 5.08. The Kier molecular flexibility index (Phi) is 5.61. The van der Waals surface area contributed by atoms with E-state index in [4.69, 9.17) is 11.6 Å². The largest absolute Gasteiger partial charge is 0.338 e. The van der Waals surface area contributed by atoms with Crippen LogP contribution < -0.4 is 10.6 Å². The van der Waals surface area contributed by atoms with E-state index in [0.29, 0.717) is 10.7 Å². The van der Waals surface area contributed by atoms with Gasteiger partial charge in [0.15, 0.2) is 17.5 Å². The van der Waals surface area contributed by atoms with Crippen LogP contribution in [0.4, 0.5) is 30.4 Å². The summed E-state index contributed by atoms with van der Waals surface area (Å²) in [6.07, 6.45) is 1.52. The lowest BCUT2D eigenvalue weighted by Crippen LogP contribution is -2.14. The summed E-state index contributed by atoms with van der Waals surface area (Å²) >= 11 is 5.80. The third-order valence-corrected chi connectivity index (χ3v) is 3.88. The fraction of sp³-hybridized carbons (Fsp3) is 0.0526. The number of nitrogens with one attached hydrogen (secondary N) is 2. The van der Waals surface area contributed by atoms with E-state index in [1.165, 1.54) is 12.3 Å². The van der Waals surface area contributed by atoms with Crippen LogP contribution in [0.5, 0.6) is 0 Å². The van der Waals surface area contributed by atoms with Crippen molar-refractivity contribution >= 4 is 34.7 Å². The van der Waals surface area contributed by atoms with Gasteiger partial charge in [-0.3, -0.25) is 4.79 Å². The molecule has 2 N–H and O–H groups in total. The Morgan fingerprint density at radius 2 is 1.70 bits per heavy atom. The van der Waals surface area contributed by atoms with Gasteiger partial charge in [0, 0.05) is 5.02 Å². The number of rotatable bonds is 5. The van der Waals surface area contributed by atoms with Crippen LogP contribution in [0.3, 0.4) is 0 Å². The number of nitrogens with zero attached hydrogens (tertiary/aromatic N) is 1. The van der Waals surface area contributed by atoms with E-state index in [1.54, 1.807) is 30.3 Å². The molecule has 0 unspecified atom stereocenters. The molecule has 0 bridgehead atoms. The fourth-order valence-corrected chi connectivity index (χ4v) is 2.42. The van der Waals surface area contributed by atoms with Crippen molar-refractivity contribution in [2.24, 2.45) is 0 Å². The Morgan fingerprint density at radius 1 is 0.963 bits per heavy atom. The maximum absolute atomic E-state index is 13.7. The zero-order valence-electron chi connectivity index (χ0n) is 13.8. The van der Waals surface area contributed by atoms with E-state index in [1.807, 2.05) is 0 Å². The normalized spacial score (nSPS) is 10.5. The number of pyridine rings is 1. The van der Waals surface area contributed by atoms with E-state index >= 15 is 0 Å². The Balaban J connectivity index is 1.62. The number of amides is 1. The molecule has 0 aliphatic rings. The molecule has 0 radical (unpaired) electrons. The number of hydrogen-bond acceptors (Lipinski definition) is 3. The first kappa shape index (κ1) is 18.7. The Morgan fingerprint density at radius 3 is 2.37 bits per heavy atom.